The van der Waals surface area contributed by atoms with E-state index in [-0.39, 0.29) is 5.82 Å². The van der Waals surface area contributed by atoms with Gasteiger partial charge in [0.25, 0.3) is 0 Å². The predicted octanol–water partition coefficient (Wildman–Crippen LogP) is 3.63. The molecule has 4 heteroatoms. The second-order valence-corrected chi connectivity index (χ2v) is 4.54. The number of aryl methyl sites for hydroxylation is 2. The highest BCUT2D eigenvalue weighted by atomic mass is 32.1. The molecule has 0 unspecified atom stereocenters. The van der Waals surface area contributed by atoms with Crippen molar-refractivity contribution >= 4 is 23.0 Å². The summed E-state index contributed by atoms with van der Waals surface area (Å²) in [5.74, 6) is 0.381. The van der Waals surface area contributed by atoms with E-state index in [0.29, 0.717) is 16.4 Å². The maximum Gasteiger partial charge on any atom is 0.131 e. The highest BCUT2D eigenvalue weighted by molar-refractivity contribution is 7.81. The van der Waals surface area contributed by atoms with E-state index in [9.17, 15) is 4.39 Å². The number of halogens is 1. The highest BCUT2D eigenvalue weighted by Gasteiger charge is 2.04. The molecule has 92 valence electrons. The Balaban J connectivity index is 2.21. The molecule has 1 aromatic carbocycles. The molecular formula is C14H13FN2S. The van der Waals surface area contributed by atoms with Crippen LogP contribution in [0.3, 0.4) is 0 Å². The highest BCUT2D eigenvalue weighted by Crippen LogP contribution is 2.12. The third-order valence-corrected chi connectivity index (χ3v) is 2.76. The number of nitrogens with zero attached hydrogens (tertiary/aromatic N) is 1. The molecule has 0 aliphatic carbocycles. The summed E-state index contributed by atoms with van der Waals surface area (Å²) < 4.78 is 13.1. The molecule has 1 aromatic heterocycles. The number of nitrogens with one attached hydrogen (secondary N) is 1. The van der Waals surface area contributed by atoms with Crippen molar-refractivity contribution in [3.8, 4) is 0 Å². The lowest BCUT2D eigenvalue weighted by Crippen LogP contribution is -2.12. The molecule has 0 atom stereocenters. The number of anilines is 1. The second kappa shape index (κ2) is 5.23. The van der Waals surface area contributed by atoms with E-state index in [1.54, 1.807) is 12.1 Å². The van der Waals surface area contributed by atoms with Gasteiger partial charge in [-0.15, -0.1) is 0 Å². The molecule has 0 spiro atoms. The quantitative estimate of drug-likeness (QED) is 0.835. The van der Waals surface area contributed by atoms with Gasteiger partial charge in [-0.2, -0.15) is 0 Å². The fourth-order valence-corrected chi connectivity index (χ4v) is 1.96. The molecule has 0 fully saturated rings. The molecule has 0 bridgehead atoms. The van der Waals surface area contributed by atoms with Gasteiger partial charge in [0.05, 0.1) is 0 Å². The number of hydrogen-bond donors (Lipinski definition) is 1. The van der Waals surface area contributed by atoms with E-state index >= 15 is 0 Å². The maximum atomic E-state index is 13.1. The minimum Gasteiger partial charge on any atom is -0.331 e. The van der Waals surface area contributed by atoms with E-state index in [1.807, 2.05) is 26.0 Å². The molecular weight excluding hydrogens is 247 g/mol. The van der Waals surface area contributed by atoms with Crippen molar-refractivity contribution in [1.29, 1.82) is 0 Å². The first-order chi connectivity index (χ1) is 8.54. The second-order valence-electron chi connectivity index (χ2n) is 4.14. The van der Waals surface area contributed by atoms with Crippen LogP contribution in [0, 0.1) is 19.7 Å². The van der Waals surface area contributed by atoms with Crippen molar-refractivity contribution in [3.05, 3.63) is 59.0 Å². The van der Waals surface area contributed by atoms with Gasteiger partial charge in [0.15, 0.2) is 0 Å². The van der Waals surface area contributed by atoms with E-state index in [0.717, 1.165) is 11.3 Å². The van der Waals surface area contributed by atoms with Gasteiger partial charge in [0, 0.05) is 11.3 Å². The van der Waals surface area contributed by atoms with Crippen LogP contribution < -0.4 is 5.32 Å². The first-order valence-corrected chi connectivity index (χ1v) is 5.97. The molecule has 0 amide bonds. The standard InChI is InChI=1S/C14H13FN2S/c1-9-6-10(2)16-13(7-9)17-14(18)11-4-3-5-12(15)8-11/h3-8H,1-2H3,(H,16,17,18). The molecule has 1 N–H and O–H groups in total. The summed E-state index contributed by atoms with van der Waals surface area (Å²) >= 11 is 5.23. The van der Waals surface area contributed by atoms with Gasteiger partial charge in [0.1, 0.15) is 16.6 Å². The molecule has 0 aliphatic rings. The molecule has 2 rings (SSSR count). The summed E-state index contributed by atoms with van der Waals surface area (Å²) in [6, 6.07) is 10.1. The molecule has 1 heterocycles. The first kappa shape index (κ1) is 12.6. The van der Waals surface area contributed by atoms with Crippen LogP contribution in [0.4, 0.5) is 10.2 Å². The van der Waals surface area contributed by atoms with Gasteiger partial charge in [0.2, 0.25) is 0 Å². The third-order valence-electron chi connectivity index (χ3n) is 2.43. The smallest absolute Gasteiger partial charge is 0.131 e. The van der Waals surface area contributed by atoms with Gasteiger partial charge in [-0.1, -0.05) is 24.4 Å². The fraction of sp³-hybridized carbons (Fsp3) is 0.143. The minimum absolute atomic E-state index is 0.301. The summed E-state index contributed by atoms with van der Waals surface area (Å²) in [5.41, 5.74) is 2.66. The third kappa shape index (κ3) is 3.11. The first-order valence-electron chi connectivity index (χ1n) is 5.57. The lowest BCUT2D eigenvalue weighted by atomic mass is 10.2. The maximum absolute atomic E-state index is 13.1. The number of rotatable bonds is 2. The van der Waals surface area contributed by atoms with Crippen LogP contribution in [0.25, 0.3) is 0 Å². The SMILES string of the molecule is Cc1cc(C)nc(NC(=S)c2cccc(F)c2)c1. The Morgan fingerprint density at radius 1 is 1.22 bits per heavy atom. The van der Waals surface area contributed by atoms with Gasteiger partial charge >= 0.3 is 0 Å². The Kier molecular flexibility index (Phi) is 3.67. The van der Waals surface area contributed by atoms with Crippen LogP contribution in [-0.2, 0) is 0 Å². The number of hydrogen-bond acceptors (Lipinski definition) is 2. The molecule has 0 aliphatic heterocycles. The molecule has 18 heavy (non-hydrogen) atoms. The summed E-state index contributed by atoms with van der Waals surface area (Å²) in [6.07, 6.45) is 0. The van der Waals surface area contributed by atoms with Gasteiger partial charge < -0.3 is 5.32 Å². The molecule has 2 aromatic rings. The topological polar surface area (TPSA) is 24.9 Å². The Morgan fingerprint density at radius 3 is 2.67 bits per heavy atom. The predicted molar refractivity (Wildman–Crippen MR) is 75.4 cm³/mol. The fourth-order valence-electron chi connectivity index (χ4n) is 1.72. The van der Waals surface area contributed by atoms with E-state index in [1.165, 1.54) is 12.1 Å². The normalized spacial score (nSPS) is 10.2. The number of benzene rings is 1. The lowest BCUT2D eigenvalue weighted by Gasteiger charge is -2.09. The van der Waals surface area contributed by atoms with Crippen LogP contribution in [0.5, 0.6) is 0 Å². The Bertz CT molecular complexity index is 576. The molecule has 0 saturated heterocycles. The zero-order valence-electron chi connectivity index (χ0n) is 10.2. The Hall–Kier alpha value is -1.81. The van der Waals surface area contributed by atoms with Gasteiger partial charge in [-0.3, -0.25) is 0 Å². The van der Waals surface area contributed by atoms with Crippen molar-refractivity contribution < 1.29 is 4.39 Å². The number of aromatic nitrogens is 1. The van der Waals surface area contributed by atoms with Crippen LogP contribution in [0.1, 0.15) is 16.8 Å². The van der Waals surface area contributed by atoms with Gasteiger partial charge in [-0.25, -0.2) is 9.37 Å². The van der Waals surface area contributed by atoms with Gasteiger partial charge in [-0.05, 0) is 43.7 Å². The number of thiocarbonyl (C=S) groups is 1. The zero-order valence-corrected chi connectivity index (χ0v) is 11.0. The largest absolute Gasteiger partial charge is 0.331 e. The summed E-state index contributed by atoms with van der Waals surface area (Å²) in [6.45, 7) is 3.91. The van der Waals surface area contributed by atoms with Crippen molar-refractivity contribution in [1.82, 2.24) is 4.98 Å². The van der Waals surface area contributed by atoms with Crippen LogP contribution in [0.15, 0.2) is 36.4 Å². The molecule has 2 nitrogen and oxygen atoms in total. The van der Waals surface area contributed by atoms with E-state index in [4.69, 9.17) is 12.2 Å². The average molecular weight is 260 g/mol. The average Bonchev–Trinajstić information content (AvgIpc) is 2.27. The minimum atomic E-state index is -0.301. The van der Waals surface area contributed by atoms with Crippen LogP contribution >= 0.6 is 12.2 Å². The Morgan fingerprint density at radius 2 is 2.00 bits per heavy atom. The van der Waals surface area contributed by atoms with E-state index in [2.05, 4.69) is 10.3 Å². The summed E-state index contributed by atoms with van der Waals surface area (Å²) in [5, 5.41) is 3.02. The zero-order chi connectivity index (χ0) is 13.1. The molecule has 0 saturated carbocycles. The number of pyridine rings is 1. The summed E-state index contributed by atoms with van der Waals surface area (Å²) in [7, 11) is 0. The van der Waals surface area contributed by atoms with Crippen LogP contribution in [-0.4, -0.2) is 9.97 Å². The van der Waals surface area contributed by atoms with Crippen molar-refractivity contribution in [2.45, 2.75) is 13.8 Å². The Labute approximate surface area is 111 Å². The van der Waals surface area contributed by atoms with Crippen molar-refractivity contribution in [2.24, 2.45) is 0 Å². The monoisotopic (exact) mass is 260 g/mol. The van der Waals surface area contributed by atoms with E-state index < -0.39 is 0 Å². The molecule has 0 radical (unpaired) electrons. The van der Waals surface area contributed by atoms with Crippen molar-refractivity contribution in [3.63, 3.8) is 0 Å². The van der Waals surface area contributed by atoms with Crippen LogP contribution in [0.2, 0.25) is 0 Å². The summed E-state index contributed by atoms with van der Waals surface area (Å²) in [4.78, 5) is 4.79. The lowest BCUT2D eigenvalue weighted by molar-refractivity contribution is 0.627. The van der Waals surface area contributed by atoms with Crippen molar-refractivity contribution in [2.75, 3.05) is 5.32 Å².